The number of rotatable bonds is 6. The summed E-state index contributed by atoms with van der Waals surface area (Å²) in [6, 6.07) is 18.0. The van der Waals surface area contributed by atoms with Crippen LogP contribution in [0.15, 0.2) is 60.8 Å². The second kappa shape index (κ2) is 6.94. The molecule has 0 bridgehead atoms. The topological polar surface area (TPSA) is 31.4 Å². The molecule has 0 aliphatic carbocycles. The first-order valence-electron chi connectivity index (χ1n) is 7.49. The molecule has 3 heteroatoms. The largest absolute Gasteiger partial charge is 0.493 e. The lowest BCUT2D eigenvalue weighted by molar-refractivity contribution is 0.248. The van der Waals surface area contributed by atoms with Gasteiger partial charge in [-0.3, -0.25) is 4.98 Å². The van der Waals surface area contributed by atoms with Crippen LogP contribution in [-0.2, 0) is 0 Å². The highest BCUT2D eigenvalue weighted by atomic mass is 16.5. The van der Waals surface area contributed by atoms with Crippen molar-refractivity contribution >= 4 is 10.9 Å². The summed E-state index contributed by atoms with van der Waals surface area (Å²) < 4.78 is 11.6. The van der Waals surface area contributed by atoms with Gasteiger partial charge in [0, 0.05) is 18.0 Å². The molecule has 1 heterocycles. The minimum Gasteiger partial charge on any atom is -0.493 e. The fourth-order valence-corrected chi connectivity index (χ4v) is 2.33. The van der Waals surface area contributed by atoms with E-state index in [4.69, 9.17) is 9.47 Å². The van der Waals surface area contributed by atoms with E-state index in [0.29, 0.717) is 13.2 Å². The fourth-order valence-electron chi connectivity index (χ4n) is 2.33. The van der Waals surface area contributed by atoms with Crippen molar-refractivity contribution in [2.45, 2.75) is 13.3 Å². The van der Waals surface area contributed by atoms with E-state index < -0.39 is 0 Å². The molecule has 0 unspecified atom stereocenters. The van der Waals surface area contributed by atoms with Crippen LogP contribution in [-0.4, -0.2) is 18.2 Å². The maximum atomic E-state index is 5.84. The van der Waals surface area contributed by atoms with Gasteiger partial charge in [-0.25, -0.2) is 0 Å². The van der Waals surface area contributed by atoms with E-state index in [1.165, 1.54) is 0 Å². The second-order valence-corrected chi connectivity index (χ2v) is 5.15. The Hall–Kier alpha value is -2.55. The Morgan fingerprint density at radius 1 is 0.818 bits per heavy atom. The summed E-state index contributed by atoms with van der Waals surface area (Å²) in [5, 5.41) is 1.09. The molecular weight excluding hydrogens is 274 g/mol. The number of ether oxygens (including phenoxy) is 2. The van der Waals surface area contributed by atoms with Gasteiger partial charge in [-0.15, -0.1) is 0 Å². The monoisotopic (exact) mass is 293 g/mol. The lowest BCUT2D eigenvalue weighted by Gasteiger charge is -2.10. The first kappa shape index (κ1) is 14.4. The number of hydrogen-bond donors (Lipinski definition) is 0. The van der Waals surface area contributed by atoms with Gasteiger partial charge in [0.2, 0.25) is 0 Å². The highest BCUT2D eigenvalue weighted by Gasteiger charge is 2.03. The minimum absolute atomic E-state index is 0.613. The summed E-state index contributed by atoms with van der Waals surface area (Å²) >= 11 is 0. The van der Waals surface area contributed by atoms with Crippen molar-refractivity contribution in [2.75, 3.05) is 13.2 Å². The summed E-state index contributed by atoms with van der Waals surface area (Å²) in [6.45, 7) is 3.30. The molecule has 3 rings (SSSR count). The average Bonchev–Trinajstić information content (AvgIpc) is 2.56. The van der Waals surface area contributed by atoms with Crippen molar-refractivity contribution < 1.29 is 9.47 Å². The van der Waals surface area contributed by atoms with Crippen molar-refractivity contribution in [2.24, 2.45) is 0 Å². The molecule has 0 amide bonds. The van der Waals surface area contributed by atoms with Gasteiger partial charge in [0.1, 0.15) is 17.0 Å². The van der Waals surface area contributed by atoms with Crippen LogP contribution in [0.1, 0.15) is 12.0 Å². The number of hydrogen-bond acceptors (Lipinski definition) is 3. The smallest absolute Gasteiger partial charge is 0.145 e. The van der Waals surface area contributed by atoms with E-state index in [1.807, 2.05) is 61.5 Å². The van der Waals surface area contributed by atoms with Gasteiger partial charge in [-0.2, -0.15) is 0 Å². The number of aromatic nitrogens is 1. The van der Waals surface area contributed by atoms with E-state index in [9.17, 15) is 0 Å². The van der Waals surface area contributed by atoms with Crippen molar-refractivity contribution in [3.8, 4) is 11.5 Å². The summed E-state index contributed by atoms with van der Waals surface area (Å²) in [5.41, 5.74) is 2.06. The number of aryl methyl sites for hydroxylation is 1. The van der Waals surface area contributed by atoms with Crippen molar-refractivity contribution in [1.82, 2.24) is 4.98 Å². The molecule has 0 radical (unpaired) electrons. The Kier molecular flexibility index (Phi) is 4.54. The van der Waals surface area contributed by atoms with Crippen molar-refractivity contribution in [3.63, 3.8) is 0 Å². The number of benzene rings is 2. The maximum absolute atomic E-state index is 5.84. The molecule has 0 N–H and O–H groups in total. The van der Waals surface area contributed by atoms with Crippen LogP contribution in [0, 0.1) is 6.92 Å². The van der Waals surface area contributed by atoms with E-state index in [1.54, 1.807) is 6.20 Å². The fraction of sp³-hybridized carbons (Fsp3) is 0.211. The molecule has 0 saturated heterocycles. The van der Waals surface area contributed by atoms with Crippen LogP contribution < -0.4 is 9.47 Å². The summed E-state index contributed by atoms with van der Waals surface area (Å²) in [4.78, 5) is 4.38. The number of pyridine rings is 1. The molecule has 0 saturated carbocycles. The lowest BCUT2D eigenvalue weighted by atomic mass is 10.2. The van der Waals surface area contributed by atoms with E-state index in [2.05, 4.69) is 4.98 Å². The van der Waals surface area contributed by atoms with Gasteiger partial charge in [-0.05, 0) is 30.7 Å². The Bertz CT molecular complexity index is 750. The van der Waals surface area contributed by atoms with Crippen LogP contribution in [0.5, 0.6) is 11.5 Å². The van der Waals surface area contributed by atoms with Crippen LogP contribution in [0.2, 0.25) is 0 Å². The van der Waals surface area contributed by atoms with Crippen molar-refractivity contribution in [1.29, 1.82) is 0 Å². The Balaban J connectivity index is 1.52. The summed E-state index contributed by atoms with van der Waals surface area (Å²) in [7, 11) is 0. The third-order valence-corrected chi connectivity index (χ3v) is 3.49. The van der Waals surface area contributed by atoms with E-state index in [0.717, 1.165) is 34.4 Å². The molecule has 0 spiro atoms. The van der Waals surface area contributed by atoms with Crippen LogP contribution >= 0.6 is 0 Å². The Morgan fingerprint density at radius 3 is 2.41 bits per heavy atom. The Morgan fingerprint density at radius 2 is 1.55 bits per heavy atom. The molecule has 3 nitrogen and oxygen atoms in total. The predicted octanol–water partition coefficient (Wildman–Crippen LogP) is 4.39. The lowest BCUT2D eigenvalue weighted by Crippen LogP contribution is -2.06. The zero-order chi connectivity index (χ0) is 15.2. The highest BCUT2D eigenvalue weighted by molar-refractivity contribution is 5.84. The van der Waals surface area contributed by atoms with E-state index in [-0.39, 0.29) is 0 Å². The quantitative estimate of drug-likeness (QED) is 0.632. The second-order valence-electron chi connectivity index (χ2n) is 5.15. The molecule has 3 aromatic rings. The van der Waals surface area contributed by atoms with Gasteiger partial charge in [0.15, 0.2) is 0 Å². The predicted molar refractivity (Wildman–Crippen MR) is 88.5 cm³/mol. The number of nitrogens with zero attached hydrogens (tertiary/aromatic N) is 1. The molecular formula is C19H19NO2. The maximum Gasteiger partial charge on any atom is 0.145 e. The highest BCUT2D eigenvalue weighted by Crippen LogP contribution is 2.23. The Labute approximate surface area is 130 Å². The number of fused-ring (bicyclic) bond motifs is 1. The standard InChI is InChI=1S/C19H19NO2/c1-15-7-2-3-10-17(15)21-13-6-14-22-18-11-4-8-16-9-5-12-20-19(16)18/h2-5,7-12H,6,13-14H2,1H3. The minimum atomic E-state index is 0.613. The third kappa shape index (κ3) is 3.37. The molecule has 2 aromatic carbocycles. The molecule has 0 atom stereocenters. The van der Waals surface area contributed by atoms with Crippen molar-refractivity contribution in [3.05, 3.63) is 66.4 Å². The molecule has 0 fully saturated rings. The summed E-state index contributed by atoms with van der Waals surface area (Å²) in [6.07, 6.45) is 2.62. The first-order valence-corrected chi connectivity index (χ1v) is 7.49. The average molecular weight is 293 g/mol. The van der Waals surface area contributed by atoms with Gasteiger partial charge in [-0.1, -0.05) is 36.4 Å². The first-order chi connectivity index (χ1) is 10.8. The zero-order valence-electron chi connectivity index (χ0n) is 12.7. The third-order valence-electron chi connectivity index (χ3n) is 3.49. The molecule has 0 aliphatic heterocycles. The van der Waals surface area contributed by atoms with Crippen LogP contribution in [0.4, 0.5) is 0 Å². The number of para-hydroxylation sites is 2. The van der Waals surface area contributed by atoms with Crippen LogP contribution in [0.3, 0.4) is 0 Å². The zero-order valence-corrected chi connectivity index (χ0v) is 12.7. The van der Waals surface area contributed by atoms with Gasteiger partial charge in [0.25, 0.3) is 0 Å². The normalized spacial score (nSPS) is 10.6. The molecule has 112 valence electrons. The molecule has 1 aromatic heterocycles. The SMILES string of the molecule is Cc1ccccc1OCCCOc1cccc2cccnc12. The van der Waals surface area contributed by atoms with E-state index >= 15 is 0 Å². The van der Waals surface area contributed by atoms with Gasteiger partial charge < -0.3 is 9.47 Å². The molecule has 22 heavy (non-hydrogen) atoms. The van der Waals surface area contributed by atoms with Gasteiger partial charge >= 0.3 is 0 Å². The van der Waals surface area contributed by atoms with Gasteiger partial charge in [0.05, 0.1) is 13.2 Å². The summed E-state index contributed by atoms with van der Waals surface area (Å²) in [5.74, 6) is 1.77. The molecule has 0 aliphatic rings. The van der Waals surface area contributed by atoms with Crippen LogP contribution in [0.25, 0.3) is 10.9 Å².